The molecule has 0 aromatic carbocycles. The van der Waals surface area contributed by atoms with E-state index in [1.54, 1.807) is 22.7 Å². The van der Waals surface area contributed by atoms with Crippen molar-refractivity contribution in [2.45, 2.75) is 19.4 Å². The van der Waals surface area contributed by atoms with Gasteiger partial charge in [-0.2, -0.15) is 0 Å². The quantitative estimate of drug-likeness (QED) is 0.540. The van der Waals surface area contributed by atoms with Crippen LogP contribution in [-0.4, -0.2) is 75.9 Å². The molecule has 2 aliphatic heterocycles. The maximum Gasteiger partial charge on any atom is 0.407 e. The fraction of sp³-hybridized carbons (Fsp3) is 0.440. The van der Waals surface area contributed by atoms with Gasteiger partial charge in [-0.1, -0.05) is 0 Å². The van der Waals surface area contributed by atoms with Crippen LogP contribution in [-0.2, 0) is 23.1 Å². The molecule has 10 nitrogen and oxygen atoms in total. The maximum absolute atomic E-state index is 12.9. The van der Waals surface area contributed by atoms with Crippen LogP contribution in [0, 0.1) is 5.92 Å². The van der Waals surface area contributed by atoms with E-state index in [2.05, 4.69) is 4.98 Å². The van der Waals surface area contributed by atoms with Crippen LogP contribution in [0.25, 0.3) is 21.2 Å². The average molecular weight is 513 g/mol. The third kappa shape index (κ3) is 5.07. The molecule has 0 aliphatic carbocycles. The summed E-state index contributed by atoms with van der Waals surface area (Å²) in [6.07, 6.45) is 4.39. The molecule has 11 heteroatoms. The molecule has 0 saturated carbocycles. The van der Waals surface area contributed by atoms with E-state index >= 15 is 0 Å². The zero-order valence-electron chi connectivity index (χ0n) is 20.0. The summed E-state index contributed by atoms with van der Waals surface area (Å²) in [5.74, 6) is 0.753. The Balaban J connectivity index is 1.39. The highest BCUT2D eigenvalue weighted by Gasteiger charge is 2.27. The van der Waals surface area contributed by atoms with E-state index in [4.69, 9.17) is 14.6 Å². The van der Waals surface area contributed by atoms with Gasteiger partial charge in [-0.05, 0) is 36.5 Å². The van der Waals surface area contributed by atoms with Gasteiger partial charge in [-0.25, -0.2) is 9.78 Å². The first-order valence-corrected chi connectivity index (χ1v) is 12.8. The highest BCUT2D eigenvalue weighted by atomic mass is 32.1. The monoisotopic (exact) mass is 512 g/mol. The second kappa shape index (κ2) is 10.3. The van der Waals surface area contributed by atoms with Gasteiger partial charge in [0.05, 0.1) is 18.5 Å². The topological polar surface area (TPSA) is 114 Å². The van der Waals surface area contributed by atoms with Crippen molar-refractivity contribution in [1.82, 2.24) is 19.4 Å². The smallest absolute Gasteiger partial charge is 0.407 e. The molecule has 2 amide bonds. The van der Waals surface area contributed by atoms with Crippen LogP contribution in [0.3, 0.4) is 0 Å². The van der Waals surface area contributed by atoms with E-state index in [0.717, 1.165) is 51.7 Å². The Hall–Kier alpha value is -3.44. The molecule has 0 radical (unpaired) electrons. The Morgan fingerprint density at radius 1 is 1.25 bits per heavy atom. The summed E-state index contributed by atoms with van der Waals surface area (Å²) >= 11 is 1.47. The molecule has 36 heavy (non-hydrogen) atoms. The number of rotatable bonds is 6. The summed E-state index contributed by atoms with van der Waals surface area (Å²) in [5.41, 5.74) is 1.68. The Bertz CT molecular complexity index is 1350. The maximum atomic E-state index is 12.9. The number of amides is 2. The minimum Gasteiger partial charge on any atom is -0.477 e. The number of carboxylic acid groups (broad SMARTS) is 1. The van der Waals surface area contributed by atoms with Gasteiger partial charge >= 0.3 is 6.09 Å². The van der Waals surface area contributed by atoms with Crippen LogP contribution in [0.1, 0.15) is 17.7 Å². The van der Waals surface area contributed by atoms with Gasteiger partial charge in [0, 0.05) is 67.0 Å². The molecule has 2 aliphatic rings. The summed E-state index contributed by atoms with van der Waals surface area (Å²) in [7, 11) is 1.72. The van der Waals surface area contributed by atoms with Crippen LogP contribution in [0.2, 0.25) is 0 Å². The average Bonchev–Trinajstić information content (AvgIpc) is 3.31. The molecular formula is C25H28N4O6S. The third-order valence-corrected chi connectivity index (χ3v) is 7.84. The molecule has 3 aromatic heterocycles. The van der Waals surface area contributed by atoms with E-state index in [9.17, 15) is 14.4 Å². The Labute approximate surface area is 211 Å². The number of hydrogen-bond acceptors (Lipinski definition) is 7. The van der Waals surface area contributed by atoms with E-state index in [1.165, 1.54) is 11.3 Å². The van der Waals surface area contributed by atoms with Gasteiger partial charge in [0.25, 0.3) is 5.56 Å². The van der Waals surface area contributed by atoms with Crippen molar-refractivity contribution in [3.63, 3.8) is 0 Å². The molecular weight excluding hydrogens is 484 g/mol. The van der Waals surface area contributed by atoms with Crippen molar-refractivity contribution in [2.24, 2.45) is 13.0 Å². The second-order valence-electron chi connectivity index (χ2n) is 9.18. The summed E-state index contributed by atoms with van der Waals surface area (Å²) in [5, 5.41) is 9.73. The number of carbonyl (C=O) groups excluding carboxylic acids is 1. The number of piperazine rings is 1. The van der Waals surface area contributed by atoms with Crippen LogP contribution >= 0.6 is 11.3 Å². The molecule has 3 aromatic rings. The van der Waals surface area contributed by atoms with Crippen molar-refractivity contribution in [3.8, 4) is 17.0 Å². The molecule has 2 fully saturated rings. The number of hydrogen-bond donors (Lipinski definition) is 1. The van der Waals surface area contributed by atoms with E-state index in [1.807, 2.05) is 24.4 Å². The number of carbonyl (C=O) groups is 2. The summed E-state index contributed by atoms with van der Waals surface area (Å²) in [4.78, 5) is 44.6. The molecule has 0 atom stereocenters. The van der Waals surface area contributed by atoms with Crippen LogP contribution in [0.5, 0.6) is 5.88 Å². The fourth-order valence-corrected chi connectivity index (χ4v) is 5.78. The Morgan fingerprint density at radius 2 is 2.06 bits per heavy atom. The number of aryl methyl sites for hydroxylation is 1. The predicted octanol–water partition coefficient (Wildman–Crippen LogP) is 2.79. The molecule has 5 heterocycles. The molecule has 190 valence electrons. The highest BCUT2D eigenvalue weighted by Crippen LogP contribution is 2.35. The first kappa shape index (κ1) is 24.3. The largest absolute Gasteiger partial charge is 0.477 e. The Morgan fingerprint density at radius 3 is 2.81 bits per heavy atom. The lowest BCUT2D eigenvalue weighted by Gasteiger charge is -2.32. The number of nitrogens with zero attached hydrogens (tertiary/aromatic N) is 4. The lowest BCUT2D eigenvalue weighted by atomic mass is 10.0. The van der Waals surface area contributed by atoms with Crippen molar-refractivity contribution in [3.05, 3.63) is 45.8 Å². The number of fused-ring (bicyclic) bond motifs is 1. The highest BCUT2D eigenvalue weighted by molar-refractivity contribution is 7.19. The third-order valence-electron chi connectivity index (χ3n) is 6.69. The van der Waals surface area contributed by atoms with Gasteiger partial charge in [-0.3, -0.25) is 14.5 Å². The molecule has 0 bridgehead atoms. The minimum absolute atomic E-state index is 0.108. The molecule has 0 unspecified atom stereocenters. The summed E-state index contributed by atoms with van der Waals surface area (Å²) in [6.45, 7) is 2.90. The van der Waals surface area contributed by atoms with Crippen LogP contribution in [0.4, 0.5) is 4.79 Å². The number of thiophene rings is 1. The fourth-order valence-electron chi connectivity index (χ4n) is 4.58. The molecule has 2 saturated heterocycles. The Kier molecular flexibility index (Phi) is 6.92. The number of aromatic nitrogens is 2. The van der Waals surface area contributed by atoms with Gasteiger partial charge < -0.3 is 24.0 Å². The molecule has 1 N–H and O–H groups in total. The van der Waals surface area contributed by atoms with E-state index in [-0.39, 0.29) is 24.6 Å². The summed E-state index contributed by atoms with van der Waals surface area (Å²) < 4.78 is 13.8. The van der Waals surface area contributed by atoms with Crippen LogP contribution < -0.4 is 10.3 Å². The molecule has 5 rings (SSSR count). The molecule has 0 spiro atoms. The summed E-state index contributed by atoms with van der Waals surface area (Å²) in [6, 6.07) is 5.63. The zero-order chi connectivity index (χ0) is 25.2. The second-order valence-corrected chi connectivity index (χ2v) is 10.3. The van der Waals surface area contributed by atoms with E-state index in [0.29, 0.717) is 36.9 Å². The lowest BCUT2D eigenvalue weighted by Crippen LogP contribution is -2.51. The zero-order valence-corrected chi connectivity index (χ0v) is 20.8. The van der Waals surface area contributed by atoms with Gasteiger partial charge in [-0.15, -0.1) is 11.3 Å². The lowest BCUT2D eigenvalue weighted by molar-refractivity contribution is -0.135. The van der Waals surface area contributed by atoms with Gasteiger partial charge in [0.1, 0.15) is 6.54 Å². The van der Waals surface area contributed by atoms with Crippen molar-refractivity contribution >= 4 is 33.4 Å². The minimum atomic E-state index is -1.09. The van der Waals surface area contributed by atoms with Gasteiger partial charge in [0.15, 0.2) is 0 Å². The van der Waals surface area contributed by atoms with Gasteiger partial charge in [0.2, 0.25) is 11.8 Å². The SMILES string of the molecule is Cn1cc(-c2ccnc(OCC3CCOCC3)c2)c2sc(CN3CCN(C(=O)O)CC3=O)cc2c1=O. The van der Waals surface area contributed by atoms with Crippen molar-refractivity contribution in [1.29, 1.82) is 0 Å². The van der Waals surface area contributed by atoms with Crippen molar-refractivity contribution in [2.75, 3.05) is 39.5 Å². The number of ether oxygens (including phenoxy) is 2. The number of pyridine rings is 2. The predicted molar refractivity (Wildman–Crippen MR) is 134 cm³/mol. The van der Waals surface area contributed by atoms with Crippen LogP contribution in [0.15, 0.2) is 35.4 Å². The standard InChI is InChI=1S/C25H28N4O6S/c1-27-13-20(17-2-5-26-21(10-17)35-15-16-3-8-34-9-4-16)23-19(24(27)31)11-18(36-23)12-28-6-7-29(25(32)33)14-22(28)30/h2,5,10-11,13,16H,3-4,6-9,12,14-15H2,1H3,(H,32,33). The normalized spacial score (nSPS) is 17.1. The van der Waals surface area contributed by atoms with Crippen molar-refractivity contribution < 1.29 is 24.2 Å². The first-order chi connectivity index (χ1) is 17.4. The first-order valence-electron chi connectivity index (χ1n) is 11.9. The van der Waals surface area contributed by atoms with E-state index < -0.39 is 6.09 Å².